The van der Waals surface area contributed by atoms with Crippen molar-refractivity contribution in [2.24, 2.45) is 0 Å². The van der Waals surface area contributed by atoms with E-state index in [-0.39, 0.29) is 5.97 Å². The number of carbonyl (C=O) groups is 1. The summed E-state index contributed by atoms with van der Waals surface area (Å²) >= 11 is 1.68. The first kappa shape index (κ1) is 12.2. The quantitative estimate of drug-likeness (QED) is 0.747. The minimum absolute atomic E-state index is 0.304. The van der Waals surface area contributed by atoms with Gasteiger partial charge in [-0.25, -0.2) is 4.79 Å². The summed E-state index contributed by atoms with van der Waals surface area (Å²) in [6.07, 6.45) is 0.903. The Morgan fingerprint density at radius 3 is 2.95 bits per heavy atom. The molecule has 1 aromatic carbocycles. The van der Waals surface area contributed by atoms with Crippen molar-refractivity contribution in [3.63, 3.8) is 0 Å². The number of carbonyl (C=O) groups excluding carboxylic acids is 1. The molecule has 3 rings (SSSR count). The maximum atomic E-state index is 11.8. The highest BCUT2D eigenvalue weighted by atomic mass is 32.1. The summed E-state index contributed by atoms with van der Waals surface area (Å²) < 4.78 is 10.6. The van der Waals surface area contributed by atoms with E-state index in [0.717, 1.165) is 23.3 Å². The van der Waals surface area contributed by atoms with Crippen LogP contribution in [-0.4, -0.2) is 19.7 Å². The van der Waals surface area contributed by atoms with Gasteiger partial charge in [0.15, 0.2) is 0 Å². The molecule has 0 atom stereocenters. The third-order valence-electron chi connectivity index (χ3n) is 3.39. The third kappa shape index (κ3) is 2.02. The van der Waals surface area contributed by atoms with Crippen molar-refractivity contribution in [1.82, 2.24) is 0 Å². The van der Waals surface area contributed by atoms with Gasteiger partial charge in [-0.15, -0.1) is 0 Å². The molecule has 0 amide bonds. The molecule has 0 bridgehead atoms. The van der Waals surface area contributed by atoms with Crippen LogP contribution in [0.3, 0.4) is 0 Å². The number of ether oxygens (including phenoxy) is 2. The first-order valence-electron chi connectivity index (χ1n) is 6.12. The zero-order valence-corrected chi connectivity index (χ0v) is 11.7. The second kappa shape index (κ2) is 4.70. The van der Waals surface area contributed by atoms with Gasteiger partial charge in [0.1, 0.15) is 5.75 Å². The summed E-state index contributed by atoms with van der Waals surface area (Å²) in [5.41, 5.74) is 4.92. The molecule has 0 aliphatic carbocycles. The zero-order valence-electron chi connectivity index (χ0n) is 10.9. The molecule has 0 N–H and O–H groups in total. The Balaban J connectivity index is 2.21. The standard InChI is InChI=1S/C15H14O3S/c1-9-5-14-12(6-11(9)15(16)17-2)13-8-19-7-10(13)3-4-18-14/h5-8H,3-4H2,1-2H3. The van der Waals surface area contributed by atoms with Crippen LogP contribution in [0.25, 0.3) is 11.1 Å². The first-order valence-corrected chi connectivity index (χ1v) is 7.06. The highest BCUT2D eigenvalue weighted by Crippen LogP contribution is 2.39. The number of fused-ring (bicyclic) bond motifs is 3. The predicted octanol–water partition coefficient (Wildman–Crippen LogP) is 3.45. The van der Waals surface area contributed by atoms with Crippen LogP contribution in [0.15, 0.2) is 22.9 Å². The van der Waals surface area contributed by atoms with Crippen molar-refractivity contribution in [3.8, 4) is 16.9 Å². The summed E-state index contributed by atoms with van der Waals surface area (Å²) in [5.74, 6) is 0.545. The number of methoxy groups -OCH3 is 1. The molecule has 4 heteroatoms. The maximum absolute atomic E-state index is 11.8. The fourth-order valence-corrected chi connectivity index (χ4v) is 3.26. The Hall–Kier alpha value is -1.81. The largest absolute Gasteiger partial charge is 0.493 e. The molecule has 3 nitrogen and oxygen atoms in total. The summed E-state index contributed by atoms with van der Waals surface area (Å²) in [4.78, 5) is 11.8. The molecule has 0 saturated carbocycles. The molecule has 0 unspecified atom stereocenters. The van der Waals surface area contributed by atoms with Gasteiger partial charge in [-0.3, -0.25) is 0 Å². The van der Waals surface area contributed by atoms with Crippen LogP contribution in [0.4, 0.5) is 0 Å². The van der Waals surface area contributed by atoms with Crippen LogP contribution in [0.2, 0.25) is 0 Å². The van der Waals surface area contributed by atoms with Crippen LogP contribution in [-0.2, 0) is 11.2 Å². The molecule has 0 fully saturated rings. The predicted molar refractivity (Wildman–Crippen MR) is 75.0 cm³/mol. The fourth-order valence-electron chi connectivity index (χ4n) is 2.37. The second-order valence-corrected chi connectivity index (χ2v) is 5.31. The number of aryl methyl sites for hydroxylation is 1. The first-order chi connectivity index (χ1) is 9.20. The lowest BCUT2D eigenvalue weighted by molar-refractivity contribution is 0.0600. The Morgan fingerprint density at radius 2 is 2.16 bits per heavy atom. The average molecular weight is 274 g/mol. The zero-order chi connectivity index (χ0) is 13.4. The van der Waals surface area contributed by atoms with Crippen LogP contribution >= 0.6 is 11.3 Å². The van der Waals surface area contributed by atoms with Gasteiger partial charge in [0.25, 0.3) is 0 Å². The molecule has 1 aliphatic heterocycles. The number of rotatable bonds is 1. The molecule has 19 heavy (non-hydrogen) atoms. The Bertz CT molecular complexity index is 643. The average Bonchev–Trinajstić information content (AvgIpc) is 2.80. The lowest BCUT2D eigenvalue weighted by Crippen LogP contribution is -2.05. The molecule has 1 aromatic heterocycles. The monoisotopic (exact) mass is 274 g/mol. The van der Waals surface area contributed by atoms with Gasteiger partial charge in [-0.05, 0) is 46.5 Å². The second-order valence-electron chi connectivity index (χ2n) is 4.56. The maximum Gasteiger partial charge on any atom is 0.338 e. The minimum atomic E-state index is -0.304. The number of hydrogen-bond acceptors (Lipinski definition) is 4. The van der Waals surface area contributed by atoms with E-state index in [9.17, 15) is 4.79 Å². The van der Waals surface area contributed by atoms with Gasteiger partial charge in [0.2, 0.25) is 0 Å². The van der Waals surface area contributed by atoms with E-state index in [0.29, 0.717) is 12.2 Å². The Labute approximate surface area is 115 Å². The summed E-state index contributed by atoms with van der Waals surface area (Å²) in [6.45, 7) is 2.57. The number of hydrogen-bond donors (Lipinski definition) is 0. The Kier molecular flexibility index (Phi) is 3.03. The van der Waals surface area contributed by atoms with E-state index in [1.54, 1.807) is 11.3 Å². The van der Waals surface area contributed by atoms with Crippen molar-refractivity contribution < 1.29 is 14.3 Å². The smallest absolute Gasteiger partial charge is 0.338 e. The summed E-state index contributed by atoms with van der Waals surface area (Å²) in [7, 11) is 1.40. The van der Waals surface area contributed by atoms with E-state index < -0.39 is 0 Å². The van der Waals surface area contributed by atoms with Crippen molar-refractivity contribution >= 4 is 17.3 Å². The number of thiophene rings is 1. The van der Waals surface area contributed by atoms with Gasteiger partial charge < -0.3 is 9.47 Å². The normalized spacial score (nSPS) is 12.9. The number of esters is 1. The SMILES string of the molecule is COC(=O)c1cc2c(cc1C)OCCc1cscc1-2. The molecule has 2 aromatic rings. The molecular formula is C15H14O3S. The van der Waals surface area contributed by atoms with Gasteiger partial charge in [0.05, 0.1) is 19.3 Å². The lowest BCUT2D eigenvalue weighted by Gasteiger charge is -2.11. The van der Waals surface area contributed by atoms with Gasteiger partial charge >= 0.3 is 5.97 Å². The minimum Gasteiger partial charge on any atom is -0.493 e. The van der Waals surface area contributed by atoms with Gasteiger partial charge in [0, 0.05) is 12.0 Å². The van der Waals surface area contributed by atoms with E-state index >= 15 is 0 Å². The van der Waals surface area contributed by atoms with Crippen LogP contribution < -0.4 is 4.74 Å². The molecule has 98 valence electrons. The van der Waals surface area contributed by atoms with Crippen molar-refractivity contribution in [3.05, 3.63) is 39.6 Å². The summed E-state index contributed by atoms with van der Waals surface area (Å²) in [5, 5.41) is 4.25. The fraction of sp³-hybridized carbons (Fsp3) is 0.267. The molecule has 1 aliphatic rings. The third-order valence-corrected chi connectivity index (χ3v) is 4.19. The molecule has 0 saturated heterocycles. The number of benzene rings is 1. The van der Waals surface area contributed by atoms with Gasteiger partial charge in [-0.1, -0.05) is 0 Å². The van der Waals surface area contributed by atoms with Crippen LogP contribution in [0, 0.1) is 6.92 Å². The van der Waals surface area contributed by atoms with E-state index in [1.165, 1.54) is 18.2 Å². The molecular weight excluding hydrogens is 260 g/mol. The molecule has 0 radical (unpaired) electrons. The molecule has 2 heterocycles. The summed E-state index contributed by atoms with van der Waals surface area (Å²) in [6, 6.07) is 3.81. The molecule has 0 spiro atoms. The van der Waals surface area contributed by atoms with Crippen molar-refractivity contribution in [2.75, 3.05) is 13.7 Å². The van der Waals surface area contributed by atoms with E-state index in [4.69, 9.17) is 9.47 Å². The van der Waals surface area contributed by atoms with E-state index in [2.05, 4.69) is 10.8 Å². The van der Waals surface area contributed by atoms with Gasteiger partial charge in [-0.2, -0.15) is 11.3 Å². The van der Waals surface area contributed by atoms with E-state index in [1.807, 2.05) is 19.1 Å². The highest BCUT2D eigenvalue weighted by molar-refractivity contribution is 7.08. The van der Waals surface area contributed by atoms with Crippen molar-refractivity contribution in [1.29, 1.82) is 0 Å². The lowest BCUT2D eigenvalue weighted by atomic mass is 9.98. The van der Waals surface area contributed by atoms with Crippen LogP contribution in [0.1, 0.15) is 21.5 Å². The van der Waals surface area contributed by atoms with Crippen molar-refractivity contribution in [2.45, 2.75) is 13.3 Å². The van der Waals surface area contributed by atoms with Crippen LogP contribution in [0.5, 0.6) is 5.75 Å². The Morgan fingerprint density at radius 1 is 1.32 bits per heavy atom. The highest BCUT2D eigenvalue weighted by Gasteiger charge is 2.20. The topological polar surface area (TPSA) is 35.5 Å².